The minimum Gasteiger partial charge on any atom is -0.489 e. The van der Waals surface area contributed by atoms with E-state index in [0.29, 0.717) is 24.3 Å². The fourth-order valence-corrected chi connectivity index (χ4v) is 5.01. The molecule has 1 N–H and O–H groups in total. The van der Waals surface area contributed by atoms with Crippen molar-refractivity contribution in [1.29, 1.82) is 21.2 Å². The molecule has 7 heteroatoms. The van der Waals surface area contributed by atoms with Crippen LogP contribution < -0.4 is 4.74 Å². The minimum absolute atomic E-state index is 0.386. The predicted octanol–water partition coefficient (Wildman–Crippen LogP) is 4.63. The van der Waals surface area contributed by atoms with Crippen LogP contribution in [0.5, 0.6) is 5.75 Å². The third-order valence-corrected chi connectivity index (χ3v) is 6.55. The van der Waals surface area contributed by atoms with E-state index in [1.807, 2.05) is 49.4 Å². The summed E-state index contributed by atoms with van der Waals surface area (Å²) in [5.41, 5.74) is -2.10. The zero-order valence-corrected chi connectivity index (χ0v) is 17.8. The van der Waals surface area contributed by atoms with Gasteiger partial charge in [0.25, 0.3) is 0 Å². The average molecular weight is 426 g/mol. The van der Waals surface area contributed by atoms with Gasteiger partial charge in [0.05, 0.1) is 24.1 Å². The van der Waals surface area contributed by atoms with Gasteiger partial charge in [0, 0.05) is 6.92 Å². The Bertz CT molecular complexity index is 1140. The summed E-state index contributed by atoms with van der Waals surface area (Å²) in [5.74, 6) is -1.68. The van der Waals surface area contributed by atoms with Crippen LogP contribution >= 0.6 is 0 Å². The highest BCUT2D eigenvalue weighted by molar-refractivity contribution is 5.89. The molecule has 32 heavy (non-hydrogen) atoms. The number of nitrogens with zero attached hydrogens (tertiary/aromatic N) is 3. The lowest BCUT2D eigenvalue weighted by Crippen LogP contribution is -2.58. The van der Waals surface area contributed by atoms with E-state index in [4.69, 9.17) is 19.6 Å². The summed E-state index contributed by atoms with van der Waals surface area (Å²) < 4.78 is 17.7. The van der Waals surface area contributed by atoms with E-state index >= 15 is 0 Å². The Morgan fingerprint density at radius 3 is 2.22 bits per heavy atom. The van der Waals surface area contributed by atoms with Crippen molar-refractivity contribution in [1.82, 2.24) is 0 Å². The van der Waals surface area contributed by atoms with E-state index in [0.717, 1.165) is 5.56 Å². The lowest BCUT2D eigenvalue weighted by Gasteiger charge is -2.48. The molecule has 160 valence electrons. The molecule has 2 bridgehead atoms. The summed E-state index contributed by atoms with van der Waals surface area (Å²) in [6.45, 7) is 3.90. The maximum atomic E-state index is 10.2. The monoisotopic (exact) mass is 426 g/mol. The summed E-state index contributed by atoms with van der Waals surface area (Å²) in [5, 5.41) is 39.0. The van der Waals surface area contributed by atoms with Crippen molar-refractivity contribution in [3.63, 3.8) is 0 Å². The first-order valence-corrected chi connectivity index (χ1v) is 10.4. The van der Waals surface area contributed by atoms with E-state index in [1.54, 1.807) is 31.2 Å². The van der Waals surface area contributed by atoms with Crippen LogP contribution in [0.25, 0.3) is 0 Å². The largest absolute Gasteiger partial charge is 0.489 e. The van der Waals surface area contributed by atoms with Crippen LogP contribution in [0, 0.1) is 56.2 Å². The second kappa shape index (κ2) is 7.68. The third-order valence-electron chi connectivity index (χ3n) is 6.55. The van der Waals surface area contributed by atoms with E-state index in [1.165, 1.54) is 0 Å². The van der Waals surface area contributed by atoms with E-state index in [2.05, 4.69) is 6.07 Å². The predicted molar refractivity (Wildman–Crippen MR) is 114 cm³/mol. The van der Waals surface area contributed by atoms with Crippen LogP contribution in [0.1, 0.15) is 37.5 Å². The van der Waals surface area contributed by atoms with Crippen LogP contribution in [0.3, 0.4) is 0 Å². The third kappa shape index (κ3) is 2.78. The van der Waals surface area contributed by atoms with Gasteiger partial charge in [-0.05, 0) is 29.7 Å². The number of hydrogen-bond acceptors (Lipinski definition) is 7. The van der Waals surface area contributed by atoms with Crippen molar-refractivity contribution in [2.75, 3.05) is 0 Å². The first-order valence-electron chi connectivity index (χ1n) is 10.4. The van der Waals surface area contributed by atoms with Crippen molar-refractivity contribution < 1.29 is 14.2 Å². The van der Waals surface area contributed by atoms with Gasteiger partial charge in [0.2, 0.25) is 17.1 Å². The number of benzene rings is 2. The molecule has 4 rings (SSSR count). The molecule has 0 radical (unpaired) electrons. The quantitative estimate of drug-likeness (QED) is 0.743. The SMILES string of the molecule is CCC1C2(C)OC(=N)C1(C#N)C(C#N)(C#N)C(c1ccc(OCc3ccccc3)cc1)O2. The molecule has 2 aliphatic heterocycles. The molecule has 7 nitrogen and oxygen atoms in total. The zero-order valence-electron chi connectivity index (χ0n) is 17.8. The summed E-state index contributed by atoms with van der Waals surface area (Å²) in [4.78, 5) is 0. The Hall–Kier alpha value is -3.86. The van der Waals surface area contributed by atoms with Crippen molar-refractivity contribution in [3.05, 3.63) is 65.7 Å². The molecule has 2 aromatic carbocycles. The average Bonchev–Trinajstić information content (AvgIpc) is 3.00. The molecule has 0 amide bonds. The summed E-state index contributed by atoms with van der Waals surface area (Å²) in [7, 11) is 0. The smallest absolute Gasteiger partial charge is 0.214 e. The Morgan fingerprint density at radius 1 is 1.00 bits per heavy atom. The second-order valence-electron chi connectivity index (χ2n) is 8.20. The number of rotatable bonds is 5. The summed E-state index contributed by atoms with van der Waals surface area (Å²) >= 11 is 0. The molecular formula is C25H22N4O3. The van der Waals surface area contributed by atoms with Gasteiger partial charge < -0.3 is 14.2 Å². The highest BCUT2D eigenvalue weighted by Crippen LogP contribution is 2.67. The topological polar surface area (TPSA) is 123 Å². The number of ether oxygens (including phenoxy) is 3. The van der Waals surface area contributed by atoms with Crippen LogP contribution in [-0.2, 0) is 16.1 Å². The van der Waals surface area contributed by atoms with Gasteiger partial charge in [-0.2, -0.15) is 15.8 Å². The molecule has 0 aliphatic carbocycles. The van der Waals surface area contributed by atoms with E-state index in [-0.39, 0.29) is 5.90 Å². The Morgan fingerprint density at radius 2 is 1.66 bits per heavy atom. The summed E-state index contributed by atoms with van der Waals surface area (Å²) in [6, 6.07) is 22.9. The molecule has 2 fully saturated rings. The number of hydrogen-bond donors (Lipinski definition) is 1. The molecule has 2 heterocycles. The van der Waals surface area contributed by atoms with Crippen LogP contribution in [0.4, 0.5) is 0 Å². The molecule has 0 saturated carbocycles. The molecule has 0 aromatic heterocycles. The van der Waals surface area contributed by atoms with Crippen molar-refractivity contribution in [3.8, 4) is 24.0 Å². The lowest BCUT2D eigenvalue weighted by molar-refractivity contribution is -0.273. The first kappa shape index (κ1) is 21.4. The van der Waals surface area contributed by atoms with Gasteiger partial charge in [-0.15, -0.1) is 0 Å². The molecule has 0 spiro atoms. The van der Waals surface area contributed by atoms with Gasteiger partial charge >= 0.3 is 0 Å². The standard InChI is InChI=1S/C25H22N4O3/c1-3-20-23(2)31-21(24(14-26,15-27)25(20,16-28)22(29)32-23)18-9-11-19(12-10-18)30-13-17-7-5-4-6-8-17/h4-12,20-21,29H,3,13H2,1-2H3. The first-order chi connectivity index (χ1) is 15.4. The molecule has 4 unspecified atom stereocenters. The molecule has 2 saturated heterocycles. The maximum Gasteiger partial charge on any atom is 0.214 e. The molecule has 4 atom stereocenters. The number of fused-ring (bicyclic) bond motifs is 2. The normalized spacial score (nSPS) is 29.8. The van der Waals surface area contributed by atoms with E-state index in [9.17, 15) is 15.8 Å². The van der Waals surface area contributed by atoms with Gasteiger partial charge in [-0.25, -0.2) is 0 Å². The highest BCUT2D eigenvalue weighted by Gasteiger charge is 2.78. The van der Waals surface area contributed by atoms with Crippen molar-refractivity contribution in [2.24, 2.45) is 16.7 Å². The van der Waals surface area contributed by atoms with Gasteiger partial charge in [-0.3, -0.25) is 5.41 Å². The fraction of sp³-hybridized carbons (Fsp3) is 0.360. The van der Waals surface area contributed by atoms with Crippen LogP contribution in [-0.4, -0.2) is 11.7 Å². The Balaban J connectivity index is 1.70. The number of nitrogens with one attached hydrogen (secondary N) is 1. The summed E-state index contributed by atoms with van der Waals surface area (Å²) in [6.07, 6.45) is -0.660. The maximum absolute atomic E-state index is 10.2. The van der Waals surface area contributed by atoms with Crippen molar-refractivity contribution in [2.45, 2.75) is 38.8 Å². The molecular weight excluding hydrogens is 404 g/mol. The minimum atomic E-state index is -1.94. The van der Waals surface area contributed by atoms with E-state index < -0.39 is 28.6 Å². The van der Waals surface area contributed by atoms with Crippen LogP contribution in [0.15, 0.2) is 54.6 Å². The Labute approximate surface area is 186 Å². The van der Waals surface area contributed by atoms with Gasteiger partial charge in [-0.1, -0.05) is 49.4 Å². The lowest BCUT2D eigenvalue weighted by atomic mass is 9.53. The second-order valence-corrected chi connectivity index (χ2v) is 8.20. The molecule has 2 aliphatic rings. The Kier molecular flexibility index (Phi) is 5.13. The number of nitriles is 3. The zero-order chi connectivity index (χ0) is 23.0. The van der Waals surface area contributed by atoms with Gasteiger partial charge in [0.1, 0.15) is 18.5 Å². The van der Waals surface area contributed by atoms with Gasteiger partial charge in [0.15, 0.2) is 5.41 Å². The fourth-order valence-electron chi connectivity index (χ4n) is 5.01. The van der Waals surface area contributed by atoms with Crippen LogP contribution in [0.2, 0.25) is 0 Å². The van der Waals surface area contributed by atoms with Crippen molar-refractivity contribution >= 4 is 5.90 Å². The molecule has 2 aromatic rings. The highest BCUT2D eigenvalue weighted by atomic mass is 16.7.